The number of aryl methyl sites for hydroxylation is 1. The maximum Gasteiger partial charge on any atom is 0.501 e. The van der Waals surface area contributed by atoms with Crippen LogP contribution in [-0.2, 0) is 34.2 Å². The second-order valence-corrected chi connectivity index (χ2v) is 34.0. The van der Waals surface area contributed by atoms with Crippen molar-refractivity contribution in [3.05, 3.63) is 160 Å². The summed E-state index contributed by atoms with van der Waals surface area (Å²) in [6, 6.07) is 30.8. The number of thiazole rings is 1. The van der Waals surface area contributed by atoms with Crippen LogP contribution in [0.5, 0.6) is 0 Å². The number of halogens is 4. The number of β-amino-alcohol motifs (C(OH)–C–C–N with tert-alkyl or cyclic N) is 1. The summed E-state index contributed by atoms with van der Waals surface area (Å²) < 4.78 is 100. The number of aliphatic hydroxyl groups is 1. The largest absolute Gasteiger partial charge is 0.501 e. The molecular formula is C73H91ClF3N9O9S4. The molecular weight excluding hydrogens is 1370 g/mol. The summed E-state index contributed by atoms with van der Waals surface area (Å²) in [6.07, 6.45) is 4.34. The third-order valence-electron chi connectivity index (χ3n) is 18.6. The molecule has 5 aromatic carbocycles. The van der Waals surface area contributed by atoms with Crippen molar-refractivity contribution >= 4 is 95.1 Å². The first-order valence-corrected chi connectivity index (χ1v) is 38.7. The van der Waals surface area contributed by atoms with E-state index in [0.29, 0.717) is 63.0 Å². The van der Waals surface area contributed by atoms with E-state index in [9.17, 15) is 54.3 Å². The van der Waals surface area contributed by atoms with Gasteiger partial charge in [-0.15, -0.1) is 23.1 Å². The van der Waals surface area contributed by atoms with Gasteiger partial charge in [-0.05, 0) is 172 Å². The molecule has 0 spiro atoms. The van der Waals surface area contributed by atoms with E-state index >= 15 is 0 Å². The Morgan fingerprint density at radius 1 is 0.848 bits per heavy atom. The fraction of sp³-hybridized carbons (Fsp3) is 0.466. The van der Waals surface area contributed by atoms with Crippen LogP contribution in [0.25, 0.3) is 16.0 Å². The highest BCUT2D eigenvalue weighted by atomic mass is 35.5. The molecule has 1 unspecified atom stereocenters. The lowest BCUT2D eigenvalue weighted by Gasteiger charge is -2.39. The van der Waals surface area contributed by atoms with Crippen molar-refractivity contribution in [2.24, 2.45) is 10.8 Å². The summed E-state index contributed by atoms with van der Waals surface area (Å²) in [5.41, 5.74) is 2.51. The van der Waals surface area contributed by atoms with E-state index in [4.69, 9.17) is 11.6 Å². The molecule has 1 aliphatic carbocycles. The number of alkyl halides is 3. The Morgan fingerprint density at radius 2 is 1.53 bits per heavy atom. The van der Waals surface area contributed by atoms with Crippen molar-refractivity contribution in [2.45, 2.75) is 157 Å². The minimum Gasteiger partial charge on any atom is -0.391 e. The predicted molar refractivity (Wildman–Crippen MR) is 387 cm³/mol. The number of amides is 4. The van der Waals surface area contributed by atoms with Gasteiger partial charge in [-0.2, -0.15) is 13.2 Å². The molecule has 5 N–H and O–H groups in total. The Bertz CT molecular complexity index is 4060. The number of allylic oxidation sites excluding steroid dienone is 1. The van der Waals surface area contributed by atoms with Crippen LogP contribution in [0.2, 0.25) is 5.02 Å². The molecule has 2 fully saturated rings. The molecule has 2 aliphatic heterocycles. The summed E-state index contributed by atoms with van der Waals surface area (Å²) >= 11 is 9.16. The Kier molecular flexibility index (Phi) is 25.3. The number of hydrogen-bond donors (Lipinski definition) is 5. The van der Waals surface area contributed by atoms with E-state index in [-0.39, 0.29) is 42.0 Å². The minimum absolute atomic E-state index is 0.0399. The van der Waals surface area contributed by atoms with Crippen LogP contribution in [0.3, 0.4) is 0 Å². The zero-order valence-electron chi connectivity index (χ0n) is 57.3. The fourth-order valence-electron chi connectivity index (χ4n) is 12.9. The smallest absolute Gasteiger partial charge is 0.391 e. The molecule has 0 saturated carbocycles. The van der Waals surface area contributed by atoms with E-state index in [1.807, 2.05) is 118 Å². The summed E-state index contributed by atoms with van der Waals surface area (Å²) in [6.45, 7) is 18.6. The molecule has 0 bridgehead atoms. The van der Waals surface area contributed by atoms with E-state index in [0.717, 1.165) is 83.3 Å². The summed E-state index contributed by atoms with van der Waals surface area (Å²) in [7, 11) is -9.26. The number of unbranched alkanes of at least 4 members (excludes halogenated alkanes) is 2. The topological polar surface area (TPSA) is 231 Å². The van der Waals surface area contributed by atoms with Crippen molar-refractivity contribution in [1.29, 1.82) is 0 Å². The van der Waals surface area contributed by atoms with E-state index in [2.05, 4.69) is 56.7 Å². The molecule has 534 valence electrons. The number of nitrogens with one attached hydrogen (secondary N) is 4. The number of rotatable bonds is 28. The van der Waals surface area contributed by atoms with Gasteiger partial charge >= 0.3 is 5.51 Å². The summed E-state index contributed by atoms with van der Waals surface area (Å²) in [4.78, 5) is 67.4. The lowest BCUT2D eigenvalue weighted by molar-refractivity contribution is -0.144. The summed E-state index contributed by atoms with van der Waals surface area (Å²) in [5.74, 6) is -2.04. The number of sulfone groups is 1. The highest BCUT2D eigenvalue weighted by Crippen LogP contribution is 2.44. The Labute approximate surface area is 593 Å². The molecule has 9 rings (SSSR count). The highest BCUT2D eigenvalue weighted by molar-refractivity contribution is 7.99. The van der Waals surface area contributed by atoms with Crippen LogP contribution in [-0.4, -0.2) is 160 Å². The minimum atomic E-state index is -6.18. The first-order valence-electron chi connectivity index (χ1n) is 33.5. The molecule has 1 aromatic heterocycles. The zero-order valence-corrected chi connectivity index (χ0v) is 61.4. The molecule has 2 saturated heterocycles. The van der Waals surface area contributed by atoms with Gasteiger partial charge in [0.25, 0.3) is 25.8 Å². The van der Waals surface area contributed by atoms with Gasteiger partial charge in [-0.1, -0.05) is 113 Å². The van der Waals surface area contributed by atoms with E-state index < -0.39 is 94.3 Å². The zero-order chi connectivity index (χ0) is 71.6. The lowest BCUT2D eigenvalue weighted by Crippen LogP contribution is -2.57. The van der Waals surface area contributed by atoms with Gasteiger partial charge in [0.2, 0.25) is 17.7 Å². The average Bonchev–Trinajstić information content (AvgIpc) is 1.11. The van der Waals surface area contributed by atoms with Crippen molar-refractivity contribution < 1.29 is 54.3 Å². The molecule has 3 heterocycles. The normalized spacial score (nSPS) is 18.0. The van der Waals surface area contributed by atoms with Gasteiger partial charge in [-0.25, -0.2) is 26.5 Å². The number of carbonyl (C=O) groups excluding carboxylic acids is 4. The number of carbonyl (C=O) groups is 4. The predicted octanol–water partition coefficient (Wildman–Crippen LogP) is 12.8. The van der Waals surface area contributed by atoms with Crippen molar-refractivity contribution in [3.8, 4) is 10.4 Å². The monoisotopic (exact) mass is 1460 g/mol. The first-order chi connectivity index (χ1) is 46.7. The van der Waals surface area contributed by atoms with Crippen molar-refractivity contribution in [1.82, 2.24) is 35.0 Å². The molecule has 99 heavy (non-hydrogen) atoms. The number of aromatic nitrogens is 1. The number of anilines is 2. The SMILES string of the molecule is Cc1ncsc1-c1ccc([C@H](C)NC(=O)[C@@H]2C[C@@H](O)CN2C(=O)[C@@H](NC(=O)CCCCCN(C)CCC(CSc2ccccc2)Nc2ccc(S(=O)(=O)NC(=O)c3ccc(N4CCN(CC5=C(c6ccc(Cl)cc6)CCC(C)(C)C5)CC4)cc3)cc2S(=O)(=O)C(F)(F)F)C(C)(C)C)cc1. The maximum absolute atomic E-state index is 14.6. The third kappa shape index (κ3) is 20.3. The molecule has 3 aliphatic rings. The third-order valence-corrected chi connectivity index (χ3v) is 23.9. The molecule has 18 nitrogen and oxygen atoms in total. The van der Waals surface area contributed by atoms with Crippen LogP contribution >= 0.6 is 34.7 Å². The second-order valence-electron chi connectivity index (χ2n) is 28.0. The number of aliphatic hydroxyl groups excluding tert-OH is 1. The Hall–Kier alpha value is -6.84. The molecule has 5 atom stereocenters. The number of nitrogens with zero attached hydrogens (tertiary/aromatic N) is 5. The lowest BCUT2D eigenvalue weighted by atomic mass is 9.73. The Balaban J connectivity index is 0.774. The van der Waals surface area contributed by atoms with Gasteiger partial charge < -0.3 is 35.8 Å². The average molecular weight is 1460 g/mol. The fourth-order valence-corrected chi connectivity index (χ4v) is 16.9. The number of sulfonamides is 1. The molecule has 6 aromatic rings. The van der Waals surface area contributed by atoms with Crippen LogP contribution in [0.4, 0.5) is 24.5 Å². The van der Waals surface area contributed by atoms with Gasteiger partial charge in [0, 0.05) is 85.1 Å². The van der Waals surface area contributed by atoms with Crippen LogP contribution < -0.4 is 25.6 Å². The molecule has 0 radical (unpaired) electrons. The number of benzene rings is 5. The second kappa shape index (κ2) is 32.9. The summed E-state index contributed by atoms with van der Waals surface area (Å²) in [5, 5.41) is 20.4. The standard InChI is InChI=1S/C73H91ClF3N9O9S4/c1-48(50-18-20-52(21-19-50)66-49(2)78-47-97-66)79-69(90)63-41-58(87)45-86(63)70(91)67(71(3,4)5)81-65(88)17-13-10-14-35-83(8)36-33-56(46-96-59-15-11-9-12-16-59)80-62-31-30-60(42-64(62)98(92,93)73(75,76)77)99(94,95)82-68(89)53-24-28-57(29-25-53)85-39-37-84(38-40-85)44-54-43-72(6,7)34-32-61(54)51-22-26-55(74)27-23-51/h9,11-12,15-16,18-31,42,47-48,56,58,63,67,80,87H,10,13-14,17,32-41,43-46H2,1-8H3,(H,79,90)(H,81,88)(H,82,89)/t48-,56?,58+,63-,67+/m0/s1. The van der Waals surface area contributed by atoms with E-state index in [1.165, 1.54) is 45.5 Å². The van der Waals surface area contributed by atoms with Crippen molar-refractivity contribution in [2.75, 3.05) is 75.4 Å². The quantitative estimate of drug-likeness (QED) is 0.0227. The van der Waals surface area contributed by atoms with Crippen LogP contribution in [0, 0.1) is 17.8 Å². The molecule has 4 amide bonds. The number of hydrogen-bond acceptors (Lipinski definition) is 16. The number of piperazine rings is 1. The maximum atomic E-state index is 14.6. The highest BCUT2D eigenvalue weighted by Gasteiger charge is 2.49. The van der Waals surface area contributed by atoms with E-state index in [1.54, 1.807) is 29.0 Å². The van der Waals surface area contributed by atoms with Gasteiger partial charge in [-0.3, -0.25) is 24.1 Å². The van der Waals surface area contributed by atoms with Crippen molar-refractivity contribution in [3.63, 3.8) is 0 Å². The van der Waals surface area contributed by atoms with Crippen LogP contribution in [0.1, 0.15) is 133 Å². The van der Waals surface area contributed by atoms with Gasteiger partial charge in [0.15, 0.2) is 0 Å². The number of thioether (sulfide) groups is 1. The number of likely N-dealkylation sites (tertiary alicyclic amines) is 1. The van der Waals surface area contributed by atoms with Crippen LogP contribution in [0.15, 0.2) is 147 Å². The van der Waals surface area contributed by atoms with Gasteiger partial charge in [0.05, 0.1) is 38.8 Å². The first kappa shape index (κ1) is 76.3. The molecule has 26 heteroatoms. The van der Waals surface area contributed by atoms with Gasteiger partial charge in [0.1, 0.15) is 17.0 Å². The Morgan fingerprint density at radius 3 is 2.17 bits per heavy atom.